The Morgan fingerprint density at radius 1 is 1.19 bits per heavy atom. The van der Waals surface area contributed by atoms with Crippen molar-refractivity contribution < 1.29 is 9.59 Å². The third kappa shape index (κ3) is 4.45. The summed E-state index contributed by atoms with van der Waals surface area (Å²) in [5.74, 6) is 2.29. The van der Waals surface area contributed by atoms with Gasteiger partial charge in [-0.3, -0.25) is 9.59 Å². The molecule has 0 aromatic rings. The molecular weight excluding hydrogens is 264 g/mol. The van der Waals surface area contributed by atoms with E-state index in [2.05, 4.69) is 5.32 Å². The zero-order chi connectivity index (χ0) is 15.6. The van der Waals surface area contributed by atoms with Crippen molar-refractivity contribution in [2.45, 2.75) is 65.3 Å². The van der Waals surface area contributed by atoms with Gasteiger partial charge >= 0.3 is 0 Å². The van der Waals surface area contributed by atoms with Crippen molar-refractivity contribution in [3.63, 3.8) is 0 Å². The van der Waals surface area contributed by atoms with E-state index in [0.717, 1.165) is 11.8 Å². The van der Waals surface area contributed by atoms with E-state index in [1.165, 1.54) is 25.7 Å². The van der Waals surface area contributed by atoms with Crippen LogP contribution >= 0.6 is 0 Å². The largest absolute Gasteiger partial charge is 0.350 e. The van der Waals surface area contributed by atoms with E-state index >= 15 is 0 Å². The van der Waals surface area contributed by atoms with Gasteiger partial charge in [0.1, 0.15) is 0 Å². The second-order valence-electron chi connectivity index (χ2n) is 7.85. The van der Waals surface area contributed by atoms with Crippen LogP contribution in [0.1, 0.15) is 59.8 Å². The molecule has 2 saturated carbocycles. The molecule has 0 aromatic heterocycles. The topological polar surface area (TPSA) is 49.4 Å². The van der Waals surface area contributed by atoms with Crippen molar-refractivity contribution in [3.05, 3.63) is 0 Å². The van der Waals surface area contributed by atoms with Crippen LogP contribution in [0.4, 0.5) is 0 Å². The average molecular weight is 294 g/mol. The van der Waals surface area contributed by atoms with Gasteiger partial charge in [-0.2, -0.15) is 0 Å². The van der Waals surface area contributed by atoms with E-state index in [4.69, 9.17) is 0 Å². The van der Waals surface area contributed by atoms with Crippen LogP contribution in [0.2, 0.25) is 0 Å². The Morgan fingerprint density at radius 3 is 2.38 bits per heavy atom. The van der Waals surface area contributed by atoms with Gasteiger partial charge in [-0.15, -0.1) is 0 Å². The normalized spacial score (nSPS) is 27.7. The minimum Gasteiger partial charge on any atom is -0.350 e. The molecule has 2 amide bonds. The summed E-state index contributed by atoms with van der Waals surface area (Å²) in [6, 6.07) is 0. The second kappa shape index (κ2) is 6.37. The fraction of sp³-hybridized carbons (Fsp3) is 0.882. The Bertz CT molecular complexity index is 400. The predicted octanol–water partition coefficient (Wildman–Crippen LogP) is 2.58. The third-order valence-corrected chi connectivity index (χ3v) is 4.90. The van der Waals surface area contributed by atoms with Crippen molar-refractivity contribution in [3.8, 4) is 0 Å². The van der Waals surface area contributed by atoms with Crippen LogP contribution in [-0.4, -0.2) is 35.3 Å². The summed E-state index contributed by atoms with van der Waals surface area (Å²) < 4.78 is 0. The molecule has 2 bridgehead atoms. The van der Waals surface area contributed by atoms with E-state index in [1.54, 1.807) is 4.90 Å². The Kier molecular flexibility index (Phi) is 4.95. The Balaban J connectivity index is 1.82. The van der Waals surface area contributed by atoms with Gasteiger partial charge in [0.25, 0.3) is 0 Å². The van der Waals surface area contributed by atoms with Crippen LogP contribution < -0.4 is 5.32 Å². The molecule has 0 aromatic carbocycles. The number of rotatable bonds is 5. The quantitative estimate of drug-likeness (QED) is 0.847. The number of nitrogens with one attached hydrogen (secondary N) is 1. The molecule has 0 spiro atoms. The van der Waals surface area contributed by atoms with E-state index in [-0.39, 0.29) is 23.9 Å². The van der Waals surface area contributed by atoms with E-state index in [0.29, 0.717) is 18.9 Å². The third-order valence-electron chi connectivity index (χ3n) is 4.90. The summed E-state index contributed by atoms with van der Waals surface area (Å²) in [5.41, 5.74) is -0.246. The lowest BCUT2D eigenvalue weighted by Gasteiger charge is -2.27. The molecule has 2 rings (SSSR count). The highest BCUT2D eigenvalue weighted by molar-refractivity contribution is 5.85. The number of carbonyl (C=O) groups is 2. The Morgan fingerprint density at radius 2 is 1.90 bits per heavy atom. The molecule has 3 atom stereocenters. The molecule has 3 unspecified atom stereocenters. The van der Waals surface area contributed by atoms with Gasteiger partial charge in [0.2, 0.25) is 11.8 Å². The number of fused-ring (bicyclic) bond motifs is 2. The smallest absolute Gasteiger partial charge is 0.240 e. The van der Waals surface area contributed by atoms with Gasteiger partial charge in [0.15, 0.2) is 0 Å². The second-order valence-corrected chi connectivity index (χ2v) is 7.85. The average Bonchev–Trinajstić information content (AvgIpc) is 2.95. The van der Waals surface area contributed by atoms with Crippen LogP contribution in [0, 0.1) is 17.8 Å². The van der Waals surface area contributed by atoms with Crippen molar-refractivity contribution in [1.82, 2.24) is 10.2 Å². The van der Waals surface area contributed by atoms with Gasteiger partial charge in [0, 0.05) is 18.5 Å². The monoisotopic (exact) mass is 294 g/mol. The highest BCUT2D eigenvalue weighted by Crippen LogP contribution is 2.49. The minimum absolute atomic E-state index is 0.0642. The fourth-order valence-electron chi connectivity index (χ4n) is 3.99. The standard InChI is InChI=1S/C17H30N2O2/c1-5-19(11-15(20)18-17(2,3)4)16(21)10-14-9-12-6-7-13(14)8-12/h12-14H,5-11H2,1-4H3,(H,18,20). The van der Waals surface area contributed by atoms with Crippen molar-refractivity contribution in [2.24, 2.45) is 17.8 Å². The Labute approximate surface area is 128 Å². The maximum absolute atomic E-state index is 12.5. The highest BCUT2D eigenvalue weighted by Gasteiger charge is 2.40. The first-order chi connectivity index (χ1) is 9.78. The van der Waals surface area contributed by atoms with Gasteiger partial charge < -0.3 is 10.2 Å². The van der Waals surface area contributed by atoms with Gasteiger partial charge in [-0.1, -0.05) is 6.42 Å². The summed E-state index contributed by atoms with van der Waals surface area (Å²) in [6.45, 7) is 8.61. The number of carbonyl (C=O) groups excluding carboxylic acids is 2. The van der Waals surface area contributed by atoms with Crippen LogP contribution in [0.15, 0.2) is 0 Å². The molecule has 0 saturated heterocycles. The molecule has 0 heterocycles. The molecule has 120 valence electrons. The first-order valence-corrected chi connectivity index (χ1v) is 8.37. The van der Waals surface area contributed by atoms with Gasteiger partial charge in [0.05, 0.1) is 6.54 Å². The molecule has 0 aliphatic heterocycles. The lowest BCUT2D eigenvalue weighted by atomic mass is 9.86. The number of amides is 2. The summed E-state index contributed by atoms with van der Waals surface area (Å²) in [7, 11) is 0. The molecule has 4 nitrogen and oxygen atoms in total. The molecule has 2 fully saturated rings. The van der Waals surface area contributed by atoms with Crippen molar-refractivity contribution in [2.75, 3.05) is 13.1 Å². The zero-order valence-electron chi connectivity index (χ0n) is 13.9. The lowest BCUT2D eigenvalue weighted by molar-refractivity contribution is -0.137. The Hall–Kier alpha value is -1.06. The minimum atomic E-state index is -0.246. The van der Waals surface area contributed by atoms with Crippen LogP contribution in [0.5, 0.6) is 0 Å². The number of hydrogen-bond acceptors (Lipinski definition) is 2. The van der Waals surface area contributed by atoms with Crippen LogP contribution in [0.25, 0.3) is 0 Å². The van der Waals surface area contributed by atoms with Crippen LogP contribution in [-0.2, 0) is 9.59 Å². The molecule has 4 heteroatoms. The summed E-state index contributed by atoms with van der Waals surface area (Å²) in [4.78, 5) is 26.1. The SMILES string of the molecule is CCN(CC(=O)NC(C)(C)C)C(=O)CC1CC2CCC1C2. The molecular formula is C17H30N2O2. The summed E-state index contributed by atoms with van der Waals surface area (Å²) in [5, 5.41) is 2.93. The van der Waals surface area contributed by atoms with Crippen molar-refractivity contribution >= 4 is 11.8 Å². The number of hydrogen-bond donors (Lipinski definition) is 1. The molecule has 1 N–H and O–H groups in total. The van der Waals surface area contributed by atoms with Crippen molar-refractivity contribution in [1.29, 1.82) is 0 Å². The maximum atomic E-state index is 12.5. The predicted molar refractivity (Wildman–Crippen MR) is 83.7 cm³/mol. The summed E-state index contributed by atoms with van der Waals surface area (Å²) in [6.07, 6.45) is 5.86. The molecule has 2 aliphatic rings. The first-order valence-electron chi connectivity index (χ1n) is 8.37. The van der Waals surface area contributed by atoms with E-state index < -0.39 is 0 Å². The summed E-state index contributed by atoms with van der Waals surface area (Å²) >= 11 is 0. The lowest BCUT2D eigenvalue weighted by Crippen LogP contribution is -2.47. The van der Waals surface area contributed by atoms with E-state index in [1.807, 2.05) is 27.7 Å². The van der Waals surface area contributed by atoms with Gasteiger partial charge in [-0.25, -0.2) is 0 Å². The fourth-order valence-corrected chi connectivity index (χ4v) is 3.99. The number of likely N-dealkylation sites (N-methyl/N-ethyl adjacent to an activating group) is 1. The molecule has 2 aliphatic carbocycles. The van der Waals surface area contributed by atoms with E-state index in [9.17, 15) is 9.59 Å². The first kappa shape index (κ1) is 16.3. The maximum Gasteiger partial charge on any atom is 0.240 e. The van der Waals surface area contributed by atoms with Crippen LogP contribution in [0.3, 0.4) is 0 Å². The zero-order valence-corrected chi connectivity index (χ0v) is 13.9. The molecule has 21 heavy (non-hydrogen) atoms. The van der Waals surface area contributed by atoms with Gasteiger partial charge in [-0.05, 0) is 64.7 Å². The number of nitrogens with zero attached hydrogens (tertiary/aromatic N) is 1. The highest BCUT2D eigenvalue weighted by atomic mass is 16.2. The molecule has 0 radical (unpaired) electrons.